The van der Waals surface area contributed by atoms with E-state index >= 15 is 0 Å². The van der Waals surface area contributed by atoms with Crippen molar-refractivity contribution < 1.29 is 13.2 Å². The number of fused-ring (bicyclic) bond motifs is 2. The van der Waals surface area contributed by atoms with Gasteiger partial charge in [-0.3, -0.25) is 14.0 Å². The van der Waals surface area contributed by atoms with Gasteiger partial charge in [0.1, 0.15) is 0 Å². The van der Waals surface area contributed by atoms with Crippen molar-refractivity contribution in [2.45, 2.75) is 31.2 Å². The number of carbonyl (C=O) groups excluding carboxylic acids is 1. The molecule has 0 fully saturated rings. The quantitative estimate of drug-likeness (QED) is 0.232. The number of hydrogen-bond acceptors (Lipinski definition) is 5. The number of benzene rings is 4. The molecule has 0 bridgehead atoms. The maximum Gasteiger partial charge on any atom is 0.264 e. The molecule has 6 nitrogen and oxygen atoms in total. The number of thiazole rings is 1. The third-order valence-electron chi connectivity index (χ3n) is 7.04. The van der Waals surface area contributed by atoms with Crippen LogP contribution in [0.25, 0.3) is 10.2 Å². The van der Waals surface area contributed by atoms with Gasteiger partial charge in [0.15, 0.2) is 5.13 Å². The van der Waals surface area contributed by atoms with Crippen molar-refractivity contribution in [3.63, 3.8) is 0 Å². The number of anilines is 2. The van der Waals surface area contributed by atoms with Gasteiger partial charge >= 0.3 is 0 Å². The van der Waals surface area contributed by atoms with Crippen molar-refractivity contribution in [1.29, 1.82) is 0 Å². The number of nitrogens with zero attached hydrogens (tertiary/aromatic N) is 3. The largest absolute Gasteiger partial charge is 0.279 e. The summed E-state index contributed by atoms with van der Waals surface area (Å²) in [7, 11) is -3.74. The Balaban J connectivity index is 1.32. The highest BCUT2D eigenvalue weighted by atomic mass is 32.2. The fourth-order valence-electron chi connectivity index (χ4n) is 4.89. The van der Waals surface area contributed by atoms with E-state index in [2.05, 4.69) is 19.1 Å². The van der Waals surface area contributed by atoms with E-state index in [-0.39, 0.29) is 10.8 Å². The smallest absolute Gasteiger partial charge is 0.264 e. The lowest BCUT2D eigenvalue weighted by molar-refractivity contribution is 0.0985. The lowest BCUT2D eigenvalue weighted by Gasteiger charge is -2.21. The Bertz CT molecular complexity index is 1760. The zero-order valence-electron chi connectivity index (χ0n) is 21.4. The normalized spacial score (nSPS) is 13.0. The summed E-state index contributed by atoms with van der Waals surface area (Å²) in [4.78, 5) is 20.5. The minimum Gasteiger partial charge on any atom is -0.279 e. The van der Waals surface area contributed by atoms with Crippen LogP contribution in [0.5, 0.6) is 0 Å². The van der Waals surface area contributed by atoms with E-state index in [9.17, 15) is 13.2 Å². The third kappa shape index (κ3) is 4.82. The minimum atomic E-state index is -3.74. The SMILES string of the molecule is CCc1ccc2nc(N(Cc3ccccc3)C(=O)c3ccc(S(=O)(=O)N4CCc5ccccc54)cc3)sc2c1. The zero-order valence-corrected chi connectivity index (χ0v) is 23.1. The molecule has 0 atom stereocenters. The average molecular weight is 554 g/mol. The molecule has 1 amide bonds. The van der Waals surface area contributed by atoms with Crippen molar-refractivity contribution >= 4 is 48.3 Å². The van der Waals surface area contributed by atoms with E-state index in [1.807, 2.05) is 60.7 Å². The fourth-order valence-corrected chi connectivity index (χ4v) is 7.42. The van der Waals surface area contributed by atoms with E-state index < -0.39 is 10.0 Å². The van der Waals surface area contributed by atoms with Crippen LogP contribution in [0.1, 0.15) is 34.0 Å². The van der Waals surface area contributed by atoms with Crippen molar-refractivity contribution in [3.05, 3.63) is 119 Å². The molecule has 2 heterocycles. The van der Waals surface area contributed by atoms with E-state index in [0.717, 1.165) is 27.8 Å². The summed E-state index contributed by atoms with van der Waals surface area (Å²) in [5.74, 6) is -0.232. The second-order valence-electron chi connectivity index (χ2n) is 9.51. The highest BCUT2D eigenvalue weighted by Gasteiger charge is 2.31. The van der Waals surface area contributed by atoms with Gasteiger partial charge in [0.25, 0.3) is 15.9 Å². The lowest BCUT2D eigenvalue weighted by atomic mass is 10.1. The first-order chi connectivity index (χ1) is 18.9. The van der Waals surface area contributed by atoms with Crippen LogP contribution in [-0.2, 0) is 29.4 Å². The molecule has 1 aliphatic heterocycles. The van der Waals surface area contributed by atoms with Crippen molar-refractivity contribution in [2.75, 3.05) is 15.7 Å². The number of rotatable bonds is 7. The van der Waals surface area contributed by atoms with E-state index in [0.29, 0.717) is 35.9 Å². The lowest BCUT2D eigenvalue weighted by Crippen LogP contribution is -2.31. The van der Waals surface area contributed by atoms with E-state index in [1.54, 1.807) is 17.0 Å². The molecule has 0 aliphatic carbocycles. The van der Waals surface area contributed by atoms with Crippen LogP contribution >= 0.6 is 11.3 Å². The first kappa shape index (κ1) is 25.3. The standard InChI is InChI=1S/C31H27N3O3S2/c1-2-22-12-17-27-29(20-22)38-31(32-27)33(21-23-8-4-3-5-9-23)30(35)25-13-15-26(16-14-25)39(36,37)34-19-18-24-10-6-7-11-28(24)34/h3-17,20H,2,18-19,21H2,1H3. The molecule has 39 heavy (non-hydrogen) atoms. The summed E-state index contributed by atoms with van der Waals surface area (Å²) in [6, 6.07) is 29.8. The molecule has 4 aromatic carbocycles. The molecular weight excluding hydrogens is 526 g/mol. The molecule has 5 aromatic rings. The maximum atomic E-state index is 13.9. The molecule has 0 unspecified atom stereocenters. The fraction of sp³-hybridized carbons (Fsp3) is 0.161. The number of amides is 1. The summed E-state index contributed by atoms with van der Waals surface area (Å²) in [5.41, 5.74) is 5.19. The predicted molar refractivity (Wildman–Crippen MR) is 157 cm³/mol. The van der Waals surface area contributed by atoms with Crippen LogP contribution in [0, 0.1) is 0 Å². The Morgan fingerprint density at radius 3 is 2.44 bits per heavy atom. The summed E-state index contributed by atoms with van der Waals surface area (Å²) in [6.07, 6.45) is 1.61. The van der Waals surface area contributed by atoms with Gasteiger partial charge < -0.3 is 0 Å². The Kier molecular flexibility index (Phi) is 6.66. The highest BCUT2D eigenvalue weighted by Crippen LogP contribution is 2.34. The van der Waals surface area contributed by atoms with Crippen LogP contribution in [0.15, 0.2) is 102 Å². The van der Waals surface area contributed by atoms with Gasteiger partial charge in [0.05, 0.1) is 27.3 Å². The number of carbonyl (C=O) groups is 1. The van der Waals surface area contributed by atoms with Gasteiger partial charge in [0.2, 0.25) is 0 Å². The Hall–Kier alpha value is -4.01. The highest BCUT2D eigenvalue weighted by molar-refractivity contribution is 7.92. The molecule has 196 valence electrons. The molecule has 0 saturated heterocycles. The molecule has 8 heteroatoms. The monoisotopic (exact) mass is 553 g/mol. The van der Waals surface area contributed by atoms with Gasteiger partial charge in [-0.15, -0.1) is 0 Å². The van der Waals surface area contributed by atoms with Crippen molar-refractivity contribution in [2.24, 2.45) is 0 Å². The van der Waals surface area contributed by atoms with E-state index in [1.165, 1.54) is 33.3 Å². The summed E-state index contributed by atoms with van der Waals surface area (Å²) in [5, 5.41) is 0.609. The minimum absolute atomic E-state index is 0.164. The molecular formula is C31H27N3O3S2. The molecule has 0 N–H and O–H groups in total. The van der Waals surface area contributed by atoms with Gasteiger partial charge in [-0.1, -0.05) is 72.9 Å². The topological polar surface area (TPSA) is 70.6 Å². The van der Waals surface area contributed by atoms with Crippen LogP contribution in [0.3, 0.4) is 0 Å². The van der Waals surface area contributed by atoms with Gasteiger partial charge in [-0.2, -0.15) is 0 Å². The molecule has 1 aromatic heterocycles. The second kappa shape index (κ2) is 10.3. The van der Waals surface area contributed by atoms with Crippen LogP contribution in [-0.4, -0.2) is 25.9 Å². The average Bonchev–Trinajstić information content (AvgIpc) is 3.60. The van der Waals surface area contributed by atoms with Crippen molar-refractivity contribution in [1.82, 2.24) is 4.98 Å². The van der Waals surface area contributed by atoms with Crippen molar-refractivity contribution in [3.8, 4) is 0 Å². The molecule has 6 rings (SSSR count). The molecule has 1 aliphatic rings. The van der Waals surface area contributed by atoms with E-state index in [4.69, 9.17) is 4.98 Å². The zero-order chi connectivity index (χ0) is 27.0. The number of para-hydroxylation sites is 1. The third-order valence-corrected chi connectivity index (χ3v) is 9.91. The Morgan fingerprint density at radius 1 is 0.923 bits per heavy atom. The van der Waals surface area contributed by atoms with Crippen LogP contribution in [0.2, 0.25) is 0 Å². The first-order valence-electron chi connectivity index (χ1n) is 12.9. The Morgan fingerprint density at radius 2 is 1.67 bits per heavy atom. The summed E-state index contributed by atoms with van der Waals surface area (Å²) >= 11 is 1.49. The predicted octanol–water partition coefficient (Wildman–Crippen LogP) is 6.46. The summed E-state index contributed by atoms with van der Waals surface area (Å²) in [6.45, 7) is 2.87. The van der Waals surface area contributed by atoms with Crippen LogP contribution < -0.4 is 9.21 Å². The second-order valence-corrected chi connectivity index (χ2v) is 12.4. The molecule has 0 radical (unpaired) electrons. The first-order valence-corrected chi connectivity index (χ1v) is 15.2. The number of sulfonamides is 1. The van der Waals surface area contributed by atoms with Crippen LogP contribution in [0.4, 0.5) is 10.8 Å². The van der Waals surface area contributed by atoms with Gasteiger partial charge in [-0.05, 0) is 72.0 Å². The number of hydrogen-bond donors (Lipinski definition) is 0. The van der Waals surface area contributed by atoms with Gasteiger partial charge in [-0.25, -0.2) is 13.4 Å². The van der Waals surface area contributed by atoms with Gasteiger partial charge in [0, 0.05) is 12.1 Å². The Labute approximate surface area is 232 Å². The number of aryl methyl sites for hydroxylation is 1. The maximum absolute atomic E-state index is 13.9. The number of aromatic nitrogens is 1. The molecule has 0 saturated carbocycles. The molecule has 0 spiro atoms. The summed E-state index contributed by atoms with van der Waals surface area (Å²) < 4.78 is 29.4.